The van der Waals surface area contributed by atoms with Gasteiger partial charge in [0.25, 0.3) is 0 Å². The van der Waals surface area contributed by atoms with Crippen LogP contribution in [0, 0.1) is 0 Å². The van der Waals surface area contributed by atoms with Crippen molar-refractivity contribution in [1.82, 2.24) is 20.3 Å². The Morgan fingerprint density at radius 2 is 2.15 bits per heavy atom. The van der Waals surface area contributed by atoms with Gasteiger partial charge in [-0.1, -0.05) is 35.5 Å². The number of aliphatic hydroxyl groups excluding tert-OH is 1. The minimum atomic E-state index is -0.476. The Morgan fingerprint density at radius 1 is 1.35 bits per heavy atom. The first kappa shape index (κ1) is 14.0. The van der Waals surface area contributed by atoms with Crippen molar-refractivity contribution in [3.05, 3.63) is 47.8 Å². The van der Waals surface area contributed by atoms with E-state index < -0.39 is 6.09 Å². The maximum Gasteiger partial charge on any atom is 0.407 e. The van der Waals surface area contributed by atoms with Crippen LogP contribution in [0.5, 0.6) is 0 Å². The standard InChI is InChI=1S/C13H16N4O3/c18-9-12-8-17(16-15-12)7-6-14-13(19)20-10-11-4-2-1-3-5-11/h1-5,8,18H,6-7,9-10H2,(H,14,19). The van der Waals surface area contributed by atoms with Gasteiger partial charge in [-0.3, -0.25) is 4.68 Å². The number of aromatic nitrogens is 3. The number of hydrogen-bond acceptors (Lipinski definition) is 5. The second-order valence-electron chi connectivity index (χ2n) is 4.12. The van der Waals surface area contributed by atoms with E-state index in [4.69, 9.17) is 9.84 Å². The monoisotopic (exact) mass is 276 g/mol. The van der Waals surface area contributed by atoms with Gasteiger partial charge in [0.2, 0.25) is 0 Å². The number of nitrogens with zero attached hydrogens (tertiary/aromatic N) is 3. The summed E-state index contributed by atoms with van der Waals surface area (Å²) in [5.41, 5.74) is 1.43. The molecule has 0 spiro atoms. The first-order valence-corrected chi connectivity index (χ1v) is 6.22. The number of carbonyl (C=O) groups is 1. The Labute approximate surface area is 116 Å². The molecule has 1 amide bonds. The summed E-state index contributed by atoms with van der Waals surface area (Å²) in [7, 11) is 0. The quantitative estimate of drug-likeness (QED) is 0.810. The van der Waals surface area contributed by atoms with E-state index >= 15 is 0 Å². The molecular formula is C13H16N4O3. The van der Waals surface area contributed by atoms with Gasteiger partial charge in [0.15, 0.2) is 0 Å². The summed E-state index contributed by atoms with van der Waals surface area (Å²) in [6.07, 6.45) is 1.15. The van der Waals surface area contributed by atoms with E-state index in [-0.39, 0.29) is 13.2 Å². The third-order valence-corrected chi connectivity index (χ3v) is 2.57. The third-order valence-electron chi connectivity index (χ3n) is 2.57. The number of ether oxygens (including phenoxy) is 1. The first-order valence-electron chi connectivity index (χ1n) is 6.22. The van der Waals surface area contributed by atoms with Gasteiger partial charge in [-0.15, -0.1) is 5.10 Å². The van der Waals surface area contributed by atoms with E-state index in [0.29, 0.717) is 18.8 Å². The molecule has 1 aromatic heterocycles. The van der Waals surface area contributed by atoms with Crippen molar-refractivity contribution in [1.29, 1.82) is 0 Å². The Hall–Kier alpha value is -2.41. The largest absolute Gasteiger partial charge is 0.445 e. The Kier molecular flexibility index (Phi) is 5.08. The number of nitrogens with one attached hydrogen (secondary N) is 1. The van der Waals surface area contributed by atoms with E-state index in [9.17, 15) is 4.79 Å². The molecule has 106 valence electrons. The maximum absolute atomic E-state index is 11.4. The van der Waals surface area contributed by atoms with Gasteiger partial charge < -0.3 is 15.2 Å². The summed E-state index contributed by atoms with van der Waals surface area (Å²) in [5, 5.41) is 19.0. The highest BCUT2D eigenvalue weighted by Gasteiger charge is 2.03. The molecule has 0 saturated heterocycles. The molecule has 0 fully saturated rings. The van der Waals surface area contributed by atoms with Gasteiger partial charge in [-0.25, -0.2) is 4.79 Å². The molecule has 7 heteroatoms. The van der Waals surface area contributed by atoms with Gasteiger partial charge >= 0.3 is 6.09 Å². The van der Waals surface area contributed by atoms with Crippen LogP contribution in [0.4, 0.5) is 4.79 Å². The molecule has 0 aliphatic carbocycles. The van der Waals surface area contributed by atoms with Crippen LogP contribution < -0.4 is 5.32 Å². The lowest BCUT2D eigenvalue weighted by molar-refractivity contribution is 0.139. The molecule has 2 N–H and O–H groups in total. The van der Waals surface area contributed by atoms with Gasteiger partial charge in [-0.05, 0) is 5.56 Å². The van der Waals surface area contributed by atoms with Crippen LogP contribution in [-0.4, -0.2) is 32.7 Å². The van der Waals surface area contributed by atoms with Crippen molar-refractivity contribution in [3.63, 3.8) is 0 Å². The van der Waals surface area contributed by atoms with Crippen LogP contribution in [0.25, 0.3) is 0 Å². The molecule has 0 bridgehead atoms. The average molecular weight is 276 g/mol. The van der Waals surface area contributed by atoms with Crippen LogP contribution >= 0.6 is 0 Å². The zero-order chi connectivity index (χ0) is 14.2. The summed E-state index contributed by atoms with van der Waals surface area (Å²) in [4.78, 5) is 11.4. The summed E-state index contributed by atoms with van der Waals surface area (Å²) < 4.78 is 6.60. The van der Waals surface area contributed by atoms with Crippen molar-refractivity contribution < 1.29 is 14.6 Å². The highest BCUT2D eigenvalue weighted by atomic mass is 16.5. The fourth-order valence-electron chi connectivity index (χ4n) is 1.57. The number of alkyl carbamates (subject to hydrolysis) is 1. The number of hydrogen-bond donors (Lipinski definition) is 2. The zero-order valence-corrected chi connectivity index (χ0v) is 10.9. The minimum absolute atomic E-state index is 0.146. The molecule has 2 aromatic rings. The van der Waals surface area contributed by atoms with Gasteiger partial charge in [0, 0.05) is 6.54 Å². The topological polar surface area (TPSA) is 89.3 Å². The molecular weight excluding hydrogens is 260 g/mol. The molecule has 0 unspecified atom stereocenters. The van der Waals surface area contributed by atoms with E-state index in [1.165, 1.54) is 0 Å². The fraction of sp³-hybridized carbons (Fsp3) is 0.308. The summed E-state index contributed by atoms with van der Waals surface area (Å²) in [6.45, 7) is 0.937. The van der Waals surface area contributed by atoms with E-state index in [1.807, 2.05) is 30.3 Å². The van der Waals surface area contributed by atoms with Crippen LogP contribution in [0.1, 0.15) is 11.3 Å². The molecule has 0 aliphatic heterocycles. The van der Waals surface area contributed by atoms with Crippen molar-refractivity contribution in [3.8, 4) is 0 Å². The molecule has 1 aromatic carbocycles. The lowest BCUT2D eigenvalue weighted by Gasteiger charge is -2.06. The molecule has 0 radical (unpaired) electrons. The molecule has 0 saturated carbocycles. The lowest BCUT2D eigenvalue weighted by atomic mass is 10.2. The fourth-order valence-corrected chi connectivity index (χ4v) is 1.57. The average Bonchev–Trinajstić information content (AvgIpc) is 2.94. The predicted molar refractivity (Wildman–Crippen MR) is 70.6 cm³/mol. The molecule has 7 nitrogen and oxygen atoms in total. The molecule has 1 heterocycles. The summed E-state index contributed by atoms with van der Waals surface area (Å²) in [6, 6.07) is 9.46. The number of carbonyl (C=O) groups excluding carboxylic acids is 1. The van der Waals surface area contributed by atoms with Crippen molar-refractivity contribution >= 4 is 6.09 Å². The number of aliphatic hydroxyl groups is 1. The second-order valence-corrected chi connectivity index (χ2v) is 4.12. The molecule has 0 atom stereocenters. The summed E-state index contributed by atoms with van der Waals surface area (Å²) in [5.74, 6) is 0. The van der Waals surface area contributed by atoms with E-state index in [2.05, 4.69) is 15.6 Å². The molecule has 2 rings (SSSR count). The molecule has 0 aliphatic rings. The van der Waals surface area contributed by atoms with Crippen molar-refractivity contribution in [2.24, 2.45) is 0 Å². The van der Waals surface area contributed by atoms with Crippen molar-refractivity contribution in [2.75, 3.05) is 6.54 Å². The van der Waals surface area contributed by atoms with Crippen LogP contribution in [0.3, 0.4) is 0 Å². The number of rotatable bonds is 6. The highest BCUT2D eigenvalue weighted by molar-refractivity contribution is 5.67. The maximum atomic E-state index is 11.4. The SMILES string of the molecule is O=C(NCCn1cc(CO)nn1)OCc1ccccc1. The van der Waals surface area contributed by atoms with Crippen LogP contribution in [-0.2, 0) is 24.5 Å². The van der Waals surface area contributed by atoms with E-state index in [1.54, 1.807) is 10.9 Å². The highest BCUT2D eigenvalue weighted by Crippen LogP contribution is 2.00. The van der Waals surface area contributed by atoms with Crippen molar-refractivity contribution in [2.45, 2.75) is 19.8 Å². The van der Waals surface area contributed by atoms with Crippen LogP contribution in [0.15, 0.2) is 36.5 Å². The lowest BCUT2D eigenvalue weighted by Crippen LogP contribution is -2.28. The smallest absolute Gasteiger partial charge is 0.407 e. The van der Waals surface area contributed by atoms with Gasteiger partial charge in [-0.2, -0.15) is 0 Å². The normalized spacial score (nSPS) is 10.2. The first-order chi connectivity index (χ1) is 9.78. The predicted octanol–water partition coefficient (Wildman–Crippen LogP) is 0.697. The molecule has 20 heavy (non-hydrogen) atoms. The van der Waals surface area contributed by atoms with Gasteiger partial charge in [0.1, 0.15) is 12.3 Å². The number of amides is 1. The van der Waals surface area contributed by atoms with Gasteiger partial charge in [0.05, 0.1) is 19.3 Å². The Morgan fingerprint density at radius 3 is 2.85 bits per heavy atom. The second kappa shape index (κ2) is 7.25. The van der Waals surface area contributed by atoms with Crippen LogP contribution in [0.2, 0.25) is 0 Å². The zero-order valence-electron chi connectivity index (χ0n) is 10.9. The van der Waals surface area contributed by atoms with E-state index in [0.717, 1.165) is 5.56 Å². The minimum Gasteiger partial charge on any atom is -0.445 e. The Balaban J connectivity index is 1.65. The summed E-state index contributed by atoms with van der Waals surface area (Å²) >= 11 is 0. The third kappa shape index (κ3) is 4.36. The number of benzene rings is 1. The Bertz CT molecular complexity index is 542.